The molecule has 1 saturated heterocycles. The first-order valence-electron chi connectivity index (χ1n) is 6.93. The first-order chi connectivity index (χ1) is 9.26. The summed E-state index contributed by atoms with van der Waals surface area (Å²) in [6.07, 6.45) is 3.92. The van der Waals surface area contributed by atoms with Gasteiger partial charge in [-0.05, 0) is 31.7 Å². The Bertz CT molecular complexity index is 467. The molecule has 3 rings (SSSR count). The van der Waals surface area contributed by atoms with Crippen LogP contribution in [0.25, 0.3) is 0 Å². The smallest absolute Gasteiger partial charge is 0.270 e. The predicted octanol–water partition coefficient (Wildman–Crippen LogP) is 1.66. The van der Waals surface area contributed by atoms with Crippen molar-refractivity contribution < 1.29 is 4.79 Å². The monoisotopic (exact) mass is 352 g/mol. The summed E-state index contributed by atoms with van der Waals surface area (Å²) in [5.74, 6) is 0.526. The second-order valence-electron chi connectivity index (χ2n) is 5.42. The summed E-state index contributed by atoms with van der Waals surface area (Å²) in [5.41, 5.74) is 6.00. The van der Waals surface area contributed by atoms with Crippen molar-refractivity contribution in [3.8, 4) is 0 Å². The molecule has 0 aromatic carbocycles. The van der Waals surface area contributed by atoms with E-state index in [0.717, 1.165) is 24.1 Å². The number of rotatable bonds is 5. The fourth-order valence-corrected chi connectivity index (χ4v) is 3.29. The number of nitrogens with zero attached hydrogens (tertiary/aromatic N) is 2. The molecule has 2 fully saturated rings. The van der Waals surface area contributed by atoms with Crippen LogP contribution in [0.15, 0.2) is 5.38 Å². The van der Waals surface area contributed by atoms with E-state index >= 15 is 0 Å². The van der Waals surface area contributed by atoms with E-state index in [1.807, 2.05) is 0 Å². The Hall–Kier alpha value is -0.400. The number of hydrogen-bond acceptors (Lipinski definition) is 5. The third-order valence-corrected chi connectivity index (χ3v) is 4.76. The number of aromatic nitrogens is 1. The molecular formula is C13H22Cl2N4OS. The number of amides is 1. The second-order valence-corrected chi connectivity index (χ2v) is 6.36. The lowest BCUT2D eigenvalue weighted by Crippen LogP contribution is -2.31. The number of nitrogens with one attached hydrogen (secondary N) is 1. The van der Waals surface area contributed by atoms with Gasteiger partial charge in [-0.2, -0.15) is 0 Å². The van der Waals surface area contributed by atoms with Gasteiger partial charge in [0.25, 0.3) is 5.91 Å². The molecule has 5 nitrogen and oxygen atoms in total. The van der Waals surface area contributed by atoms with Crippen molar-refractivity contribution in [3.05, 3.63) is 16.1 Å². The maximum absolute atomic E-state index is 11.9. The number of thiazole rings is 1. The van der Waals surface area contributed by atoms with Crippen molar-refractivity contribution in [2.75, 3.05) is 19.6 Å². The summed E-state index contributed by atoms with van der Waals surface area (Å²) < 4.78 is 0. The van der Waals surface area contributed by atoms with Crippen LogP contribution < -0.4 is 11.1 Å². The zero-order valence-electron chi connectivity index (χ0n) is 11.8. The highest BCUT2D eigenvalue weighted by atomic mass is 35.5. The van der Waals surface area contributed by atoms with Gasteiger partial charge in [0.2, 0.25) is 0 Å². The van der Waals surface area contributed by atoms with Crippen molar-refractivity contribution in [2.24, 2.45) is 11.7 Å². The van der Waals surface area contributed by atoms with E-state index in [9.17, 15) is 4.79 Å². The van der Waals surface area contributed by atoms with Gasteiger partial charge in [-0.1, -0.05) is 0 Å². The Labute approximate surface area is 141 Å². The quantitative estimate of drug-likeness (QED) is 0.845. The molecular weight excluding hydrogens is 331 g/mol. The molecule has 1 amide bonds. The lowest BCUT2D eigenvalue weighted by atomic mass is 10.1. The highest BCUT2D eigenvalue weighted by Crippen LogP contribution is 2.31. The van der Waals surface area contributed by atoms with Crippen LogP contribution in [0.4, 0.5) is 0 Å². The van der Waals surface area contributed by atoms with Crippen molar-refractivity contribution in [1.82, 2.24) is 15.2 Å². The van der Waals surface area contributed by atoms with Crippen molar-refractivity contribution >= 4 is 42.1 Å². The summed E-state index contributed by atoms with van der Waals surface area (Å²) in [4.78, 5) is 18.7. The Balaban J connectivity index is 0.00000110. The van der Waals surface area contributed by atoms with Crippen LogP contribution in [0.5, 0.6) is 0 Å². The van der Waals surface area contributed by atoms with Crippen molar-refractivity contribution in [1.29, 1.82) is 0 Å². The standard InChI is InChI=1S/C13H20N4OS.2ClH/c14-5-12-16-11(8-19-12)13(18)15-6-9-3-4-17(7-9)10-1-2-10;;/h8-10H,1-7,14H2,(H,15,18);2*1H. The fourth-order valence-electron chi connectivity index (χ4n) is 2.64. The molecule has 0 bridgehead atoms. The molecule has 0 radical (unpaired) electrons. The van der Waals surface area contributed by atoms with E-state index in [1.165, 1.54) is 37.1 Å². The Kier molecular flexibility index (Phi) is 7.36. The van der Waals surface area contributed by atoms with E-state index < -0.39 is 0 Å². The average molecular weight is 353 g/mol. The number of carbonyl (C=O) groups excluding carboxylic acids is 1. The van der Waals surface area contributed by atoms with Gasteiger partial charge in [0.05, 0.1) is 0 Å². The molecule has 1 aliphatic heterocycles. The van der Waals surface area contributed by atoms with Crippen molar-refractivity contribution in [3.63, 3.8) is 0 Å². The highest BCUT2D eigenvalue weighted by Gasteiger charge is 2.34. The first-order valence-corrected chi connectivity index (χ1v) is 7.81. The van der Waals surface area contributed by atoms with Crippen LogP contribution in [-0.2, 0) is 6.54 Å². The molecule has 1 aromatic heterocycles. The Morgan fingerprint density at radius 3 is 2.81 bits per heavy atom. The highest BCUT2D eigenvalue weighted by molar-refractivity contribution is 7.09. The van der Waals surface area contributed by atoms with Crippen LogP contribution in [-0.4, -0.2) is 41.5 Å². The topological polar surface area (TPSA) is 71.2 Å². The summed E-state index contributed by atoms with van der Waals surface area (Å²) in [7, 11) is 0. The molecule has 8 heteroatoms. The lowest BCUT2D eigenvalue weighted by Gasteiger charge is -2.14. The molecule has 120 valence electrons. The second kappa shape index (κ2) is 8.29. The third-order valence-electron chi connectivity index (χ3n) is 3.89. The molecule has 0 spiro atoms. The fraction of sp³-hybridized carbons (Fsp3) is 0.692. The lowest BCUT2D eigenvalue weighted by molar-refractivity contribution is 0.0943. The SMILES string of the molecule is Cl.Cl.NCc1nc(C(=O)NCC2CCN(C3CC3)C2)cs1. The maximum Gasteiger partial charge on any atom is 0.270 e. The minimum Gasteiger partial charge on any atom is -0.350 e. The van der Waals surface area contributed by atoms with Gasteiger partial charge in [0.1, 0.15) is 10.7 Å². The molecule has 2 aliphatic rings. The zero-order valence-corrected chi connectivity index (χ0v) is 14.2. The summed E-state index contributed by atoms with van der Waals surface area (Å²) in [5, 5.41) is 5.59. The van der Waals surface area contributed by atoms with Crippen LogP contribution in [0.1, 0.15) is 34.8 Å². The van der Waals surface area contributed by atoms with Gasteiger partial charge in [-0.15, -0.1) is 36.2 Å². The summed E-state index contributed by atoms with van der Waals surface area (Å²) >= 11 is 1.44. The zero-order chi connectivity index (χ0) is 13.2. The van der Waals surface area contributed by atoms with E-state index in [4.69, 9.17) is 5.73 Å². The summed E-state index contributed by atoms with van der Waals surface area (Å²) in [6.45, 7) is 3.49. The molecule has 1 aromatic rings. The van der Waals surface area contributed by atoms with Gasteiger partial charge >= 0.3 is 0 Å². The van der Waals surface area contributed by atoms with Crippen LogP contribution >= 0.6 is 36.2 Å². The normalized spacial score (nSPS) is 21.5. The van der Waals surface area contributed by atoms with Gasteiger partial charge in [-0.3, -0.25) is 4.79 Å². The molecule has 1 saturated carbocycles. The molecule has 21 heavy (non-hydrogen) atoms. The van der Waals surface area contributed by atoms with Gasteiger partial charge in [0, 0.05) is 31.1 Å². The first kappa shape index (κ1) is 18.6. The van der Waals surface area contributed by atoms with E-state index in [1.54, 1.807) is 5.38 Å². The number of nitrogens with two attached hydrogens (primary N) is 1. The largest absolute Gasteiger partial charge is 0.350 e. The van der Waals surface area contributed by atoms with Crippen LogP contribution in [0.2, 0.25) is 0 Å². The van der Waals surface area contributed by atoms with E-state index in [0.29, 0.717) is 18.2 Å². The predicted molar refractivity (Wildman–Crippen MR) is 89.5 cm³/mol. The average Bonchev–Trinajstić information content (AvgIpc) is 2.99. The molecule has 2 heterocycles. The molecule has 1 aliphatic carbocycles. The van der Waals surface area contributed by atoms with Gasteiger partial charge < -0.3 is 16.0 Å². The third kappa shape index (κ3) is 4.79. The van der Waals surface area contributed by atoms with E-state index in [-0.39, 0.29) is 30.7 Å². The van der Waals surface area contributed by atoms with Crippen molar-refractivity contribution in [2.45, 2.75) is 31.8 Å². The number of likely N-dealkylation sites (tertiary alicyclic amines) is 1. The van der Waals surface area contributed by atoms with Crippen LogP contribution in [0, 0.1) is 5.92 Å². The maximum atomic E-state index is 11.9. The molecule has 1 unspecified atom stereocenters. The number of halogens is 2. The van der Waals surface area contributed by atoms with Gasteiger partial charge in [0.15, 0.2) is 0 Å². The minimum absolute atomic E-state index is 0. The number of hydrogen-bond donors (Lipinski definition) is 2. The minimum atomic E-state index is -0.0687. The molecule has 1 atom stereocenters. The number of carbonyl (C=O) groups is 1. The van der Waals surface area contributed by atoms with Crippen LogP contribution in [0.3, 0.4) is 0 Å². The summed E-state index contributed by atoms with van der Waals surface area (Å²) in [6, 6.07) is 0.839. The van der Waals surface area contributed by atoms with E-state index in [2.05, 4.69) is 15.2 Å². The Morgan fingerprint density at radius 1 is 1.43 bits per heavy atom. The Morgan fingerprint density at radius 2 is 2.19 bits per heavy atom. The van der Waals surface area contributed by atoms with Gasteiger partial charge in [-0.25, -0.2) is 4.98 Å². The molecule has 3 N–H and O–H groups in total.